The molecule has 4 heteroatoms. The molecule has 0 aromatic heterocycles. The monoisotopic (exact) mass is 263 g/mol. The van der Waals surface area contributed by atoms with E-state index in [4.69, 9.17) is 17.3 Å². The van der Waals surface area contributed by atoms with Crippen molar-refractivity contribution in [2.45, 2.75) is 6.92 Å². The number of hydrogen-bond donors (Lipinski definition) is 1. The van der Waals surface area contributed by atoms with Crippen LogP contribution in [0.15, 0.2) is 36.4 Å². The molecule has 0 saturated carbocycles. The van der Waals surface area contributed by atoms with Crippen LogP contribution in [0.3, 0.4) is 0 Å². The van der Waals surface area contributed by atoms with Crippen molar-refractivity contribution in [3.05, 3.63) is 63.9 Å². The standard InChI is InChI=1S/C14H11ClFNO/c1-8-6-9(2-5-13(8)17)14(18)11-4-3-10(15)7-12(11)16/h2-7H,17H2,1H3. The number of ketones is 1. The summed E-state index contributed by atoms with van der Waals surface area (Å²) < 4.78 is 13.6. The molecule has 2 rings (SSSR count). The first-order chi connectivity index (χ1) is 8.49. The fraction of sp³-hybridized carbons (Fsp3) is 0.0714. The van der Waals surface area contributed by atoms with Crippen LogP contribution in [-0.4, -0.2) is 5.78 Å². The number of nitrogen functional groups attached to an aromatic ring is 1. The lowest BCUT2D eigenvalue weighted by atomic mass is 10.0. The molecular weight excluding hydrogens is 253 g/mol. The minimum absolute atomic E-state index is 0.00331. The zero-order valence-electron chi connectivity index (χ0n) is 9.71. The fourth-order valence-corrected chi connectivity index (χ4v) is 1.80. The molecule has 0 spiro atoms. The van der Waals surface area contributed by atoms with E-state index in [0.717, 1.165) is 11.6 Å². The van der Waals surface area contributed by atoms with Gasteiger partial charge in [-0.1, -0.05) is 11.6 Å². The SMILES string of the molecule is Cc1cc(C(=O)c2ccc(Cl)cc2F)ccc1N. The fourth-order valence-electron chi connectivity index (χ4n) is 1.65. The first kappa shape index (κ1) is 12.6. The molecule has 0 unspecified atom stereocenters. The van der Waals surface area contributed by atoms with Gasteiger partial charge in [0.25, 0.3) is 0 Å². The molecule has 2 nitrogen and oxygen atoms in total. The van der Waals surface area contributed by atoms with Gasteiger partial charge in [0.15, 0.2) is 5.78 Å². The lowest BCUT2D eigenvalue weighted by molar-refractivity contribution is 0.103. The number of carbonyl (C=O) groups is 1. The van der Waals surface area contributed by atoms with Gasteiger partial charge < -0.3 is 5.73 Å². The van der Waals surface area contributed by atoms with Gasteiger partial charge >= 0.3 is 0 Å². The van der Waals surface area contributed by atoms with Gasteiger partial charge in [0.2, 0.25) is 0 Å². The summed E-state index contributed by atoms with van der Waals surface area (Å²) in [6, 6.07) is 8.85. The summed E-state index contributed by atoms with van der Waals surface area (Å²) in [5.74, 6) is -1.01. The summed E-state index contributed by atoms with van der Waals surface area (Å²) in [4.78, 5) is 12.1. The van der Waals surface area contributed by atoms with Gasteiger partial charge in [0, 0.05) is 16.3 Å². The van der Waals surface area contributed by atoms with Crippen LogP contribution < -0.4 is 5.73 Å². The van der Waals surface area contributed by atoms with E-state index in [-0.39, 0.29) is 16.4 Å². The molecule has 0 aliphatic carbocycles. The molecule has 18 heavy (non-hydrogen) atoms. The van der Waals surface area contributed by atoms with Crippen LogP contribution in [0.2, 0.25) is 5.02 Å². The van der Waals surface area contributed by atoms with Crippen molar-refractivity contribution in [2.75, 3.05) is 5.73 Å². The quantitative estimate of drug-likeness (QED) is 0.664. The molecule has 0 aliphatic rings. The topological polar surface area (TPSA) is 43.1 Å². The minimum Gasteiger partial charge on any atom is -0.399 e. The van der Waals surface area contributed by atoms with Crippen molar-refractivity contribution in [3.63, 3.8) is 0 Å². The van der Waals surface area contributed by atoms with Crippen LogP contribution in [0, 0.1) is 12.7 Å². The summed E-state index contributed by atoms with van der Waals surface area (Å²) in [5.41, 5.74) is 7.47. The molecule has 0 fully saturated rings. The summed E-state index contributed by atoms with van der Waals surface area (Å²) >= 11 is 5.65. The molecule has 0 amide bonds. The molecular formula is C14H11ClFNO. The summed E-state index contributed by atoms with van der Waals surface area (Å²) in [6.07, 6.45) is 0. The smallest absolute Gasteiger partial charge is 0.195 e. The van der Waals surface area contributed by atoms with Crippen molar-refractivity contribution in [1.29, 1.82) is 0 Å². The van der Waals surface area contributed by atoms with Crippen molar-refractivity contribution in [1.82, 2.24) is 0 Å². The predicted molar refractivity (Wildman–Crippen MR) is 70.4 cm³/mol. The van der Waals surface area contributed by atoms with E-state index in [1.807, 2.05) is 0 Å². The normalized spacial score (nSPS) is 10.4. The molecule has 2 aromatic rings. The Labute approximate surface area is 109 Å². The Bertz CT molecular complexity index is 625. The number of carbonyl (C=O) groups excluding carboxylic acids is 1. The van der Waals surface area contributed by atoms with E-state index in [0.29, 0.717) is 11.3 Å². The van der Waals surface area contributed by atoms with Gasteiger partial charge in [0.05, 0.1) is 5.56 Å². The lowest BCUT2D eigenvalue weighted by Gasteiger charge is -2.06. The third-order valence-electron chi connectivity index (χ3n) is 2.71. The van der Waals surface area contributed by atoms with E-state index in [9.17, 15) is 9.18 Å². The molecule has 0 heterocycles. The second-order valence-electron chi connectivity index (χ2n) is 4.02. The average Bonchev–Trinajstić information content (AvgIpc) is 2.32. The van der Waals surface area contributed by atoms with Crippen molar-refractivity contribution in [2.24, 2.45) is 0 Å². The summed E-state index contributed by atoms with van der Waals surface area (Å²) in [6.45, 7) is 1.80. The molecule has 92 valence electrons. The van der Waals surface area contributed by atoms with E-state index in [2.05, 4.69) is 0 Å². The highest BCUT2D eigenvalue weighted by Crippen LogP contribution is 2.20. The second kappa shape index (κ2) is 4.78. The minimum atomic E-state index is -0.623. The number of anilines is 1. The predicted octanol–water partition coefficient (Wildman–Crippen LogP) is 3.60. The van der Waals surface area contributed by atoms with Gasteiger partial charge in [-0.25, -0.2) is 4.39 Å². The van der Waals surface area contributed by atoms with E-state index in [1.165, 1.54) is 12.1 Å². The van der Waals surface area contributed by atoms with E-state index in [1.54, 1.807) is 25.1 Å². The van der Waals surface area contributed by atoms with E-state index < -0.39 is 5.82 Å². The zero-order valence-corrected chi connectivity index (χ0v) is 10.5. The Balaban J connectivity index is 2.44. The average molecular weight is 264 g/mol. The van der Waals surface area contributed by atoms with Crippen LogP contribution in [-0.2, 0) is 0 Å². The first-order valence-corrected chi connectivity index (χ1v) is 5.72. The van der Waals surface area contributed by atoms with Gasteiger partial charge in [-0.15, -0.1) is 0 Å². The van der Waals surface area contributed by atoms with Crippen molar-refractivity contribution >= 4 is 23.1 Å². The van der Waals surface area contributed by atoms with Crippen LogP contribution >= 0.6 is 11.6 Å². The highest BCUT2D eigenvalue weighted by Gasteiger charge is 2.14. The van der Waals surface area contributed by atoms with Crippen LogP contribution in [0.4, 0.5) is 10.1 Å². The molecule has 0 atom stereocenters. The van der Waals surface area contributed by atoms with Crippen molar-refractivity contribution in [3.8, 4) is 0 Å². The number of halogens is 2. The molecule has 2 aromatic carbocycles. The Morgan fingerprint density at radius 2 is 1.94 bits per heavy atom. The Morgan fingerprint density at radius 3 is 2.56 bits per heavy atom. The summed E-state index contributed by atoms with van der Waals surface area (Å²) in [7, 11) is 0. The van der Waals surface area contributed by atoms with Gasteiger partial charge in [0.1, 0.15) is 5.82 Å². The van der Waals surface area contributed by atoms with Crippen molar-refractivity contribution < 1.29 is 9.18 Å². The Hall–Kier alpha value is -1.87. The molecule has 2 N–H and O–H groups in total. The van der Waals surface area contributed by atoms with Gasteiger partial charge in [-0.3, -0.25) is 4.79 Å². The highest BCUT2D eigenvalue weighted by molar-refractivity contribution is 6.30. The number of benzene rings is 2. The third kappa shape index (κ3) is 2.36. The molecule has 0 aliphatic heterocycles. The molecule has 0 radical (unpaired) electrons. The highest BCUT2D eigenvalue weighted by atomic mass is 35.5. The van der Waals surface area contributed by atoms with Crippen LogP contribution in [0.25, 0.3) is 0 Å². The number of nitrogens with two attached hydrogens (primary N) is 1. The second-order valence-corrected chi connectivity index (χ2v) is 4.46. The molecule has 0 bridgehead atoms. The van der Waals surface area contributed by atoms with E-state index >= 15 is 0 Å². The maximum Gasteiger partial charge on any atom is 0.195 e. The first-order valence-electron chi connectivity index (χ1n) is 5.35. The van der Waals surface area contributed by atoms with Crippen LogP contribution in [0.5, 0.6) is 0 Å². The number of hydrogen-bond acceptors (Lipinski definition) is 2. The Morgan fingerprint density at radius 1 is 1.22 bits per heavy atom. The molecule has 0 saturated heterocycles. The maximum absolute atomic E-state index is 13.6. The largest absolute Gasteiger partial charge is 0.399 e. The number of aryl methyl sites for hydroxylation is 1. The van der Waals surface area contributed by atoms with Gasteiger partial charge in [-0.05, 0) is 48.9 Å². The number of rotatable bonds is 2. The maximum atomic E-state index is 13.6. The lowest BCUT2D eigenvalue weighted by Crippen LogP contribution is -2.05. The van der Waals surface area contributed by atoms with Crippen LogP contribution in [0.1, 0.15) is 21.5 Å². The third-order valence-corrected chi connectivity index (χ3v) is 2.94. The van der Waals surface area contributed by atoms with Gasteiger partial charge in [-0.2, -0.15) is 0 Å². The zero-order chi connectivity index (χ0) is 13.3. The summed E-state index contributed by atoms with van der Waals surface area (Å²) in [5, 5.41) is 0.262. The Kier molecular flexibility index (Phi) is 3.34.